The minimum Gasteiger partial charge on any atom is -0.493 e. The Morgan fingerprint density at radius 3 is 2.24 bits per heavy atom. The number of carbonyl (C=O) groups excluding carboxylic acids is 2. The number of carbonyl (C=O) groups is 2. The number of methoxy groups -OCH3 is 1. The van der Waals surface area contributed by atoms with Crippen LogP contribution in [0.3, 0.4) is 0 Å². The number of nitrogens with zero attached hydrogens (tertiary/aromatic N) is 2. The first-order valence-electron chi connectivity index (χ1n) is 8.69. The smallest absolute Gasteiger partial charge is 0.265 e. The molecule has 0 saturated carbocycles. The summed E-state index contributed by atoms with van der Waals surface area (Å²) in [6.45, 7) is 0.383. The Balaban J connectivity index is 1.92. The number of likely N-dealkylation sites (N-methyl/N-ethyl adjacent to an activating group) is 2. The number of thiocarbonyl (C=S) groups is 1. The van der Waals surface area contributed by atoms with Crippen LogP contribution >= 0.6 is 28.1 Å². The van der Waals surface area contributed by atoms with E-state index in [1.165, 1.54) is 37.1 Å². The molecule has 0 atom stereocenters. The summed E-state index contributed by atoms with van der Waals surface area (Å²) in [5.74, 6) is 0.132. The molecule has 3 rings (SSSR count). The van der Waals surface area contributed by atoms with Crippen molar-refractivity contribution >= 4 is 51.2 Å². The van der Waals surface area contributed by atoms with Crippen LogP contribution in [0.1, 0.15) is 11.1 Å². The summed E-state index contributed by atoms with van der Waals surface area (Å²) in [5, 5.41) is 0.165. The number of hydrogen-bond acceptors (Lipinski definition) is 5. The molecule has 1 aliphatic heterocycles. The highest BCUT2D eigenvalue weighted by Crippen LogP contribution is 2.35. The molecule has 0 aromatic heterocycles. The quantitative estimate of drug-likeness (QED) is 0.376. The van der Waals surface area contributed by atoms with Gasteiger partial charge in [-0.2, -0.15) is 0 Å². The molecule has 0 bridgehead atoms. The summed E-state index contributed by atoms with van der Waals surface area (Å²) in [5.41, 5.74) is 1.65. The van der Waals surface area contributed by atoms with Gasteiger partial charge in [-0.15, -0.1) is 0 Å². The third kappa shape index (κ3) is 4.33. The molecule has 0 spiro atoms. The van der Waals surface area contributed by atoms with E-state index in [1.807, 2.05) is 30.3 Å². The maximum Gasteiger partial charge on any atom is 0.265 e. The van der Waals surface area contributed by atoms with Crippen molar-refractivity contribution in [2.75, 3.05) is 21.2 Å². The van der Waals surface area contributed by atoms with E-state index in [1.54, 1.807) is 12.1 Å². The molecule has 2 amide bonds. The van der Waals surface area contributed by atoms with Crippen molar-refractivity contribution in [2.45, 2.75) is 6.61 Å². The second kappa shape index (κ2) is 8.75. The van der Waals surface area contributed by atoms with E-state index >= 15 is 0 Å². The Morgan fingerprint density at radius 1 is 1.03 bits per heavy atom. The fourth-order valence-electron chi connectivity index (χ4n) is 2.80. The number of rotatable bonds is 5. The monoisotopic (exact) mass is 474 g/mol. The van der Waals surface area contributed by atoms with Crippen LogP contribution in [0.2, 0.25) is 0 Å². The van der Waals surface area contributed by atoms with Crippen LogP contribution < -0.4 is 9.47 Å². The van der Waals surface area contributed by atoms with Crippen molar-refractivity contribution in [1.29, 1.82) is 0 Å². The Morgan fingerprint density at radius 2 is 1.66 bits per heavy atom. The van der Waals surface area contributed by atoms with Gasteiger partial charge in [0.05, 0.1) is 7.11 Å². The van der Waals surface area contributed by atoms with Gasteiger partial charge in [-0.25, -0.2) is 0 Å². The molecule has 2 aromatic rings. The number of benzene rings is 2. The highest BCUT2D eigenvalue weighted by Gasteiger charge is 2.35. The van der Waals surface area contributed by atoms with Gasteiger partial charge in [-0.1, -0.05) is 46.3 Å². The number of halogens is 1. The third-order valence-electron chi connectivity index (χ3n) is 4.46. The normalized spacial score (nSPS) is 14.3. The fraction of sp³-hybridized carbons (Fsp3) is 0.190. The van der Waals surface area contributed by atoms with E-state index < -0.39 is 11.8 Å². The van der Waals surface area contributed by atoms with Crippen molar-refractivity contribution < 1.29 is 19.1 Å². The predicted molar refractivity (Wildman–Crippen MR) is 118 cm³/mol. The molecule has 1 saturated heterocycles. The first-order chi connectivity index (χ1) is 13.8. The minimum absolute atomic E-state index is 0.0179. The van der Waals surface area contributed by atoms with E-state index in [-0.39, 0.29) is 10.7 Å². The van der Waals surface area contributed by atoms with Gasteiger partial charge in [0.25, 0.3) is 11.8 Å². The zero-order valence-electron chi connectivity index (χ0n) is 16.1. The Bertz CT molecular complexity index is 981. The molecular formula is C21H19BrN2O4S. The summed E-state index contributed by atoms with van der Waals surface area (Å²) < 4.78 is 12.0. The van der Waals surface area contributed by atoms with Gasteiger partial charge in [0.1, 0.15) is 12.2 Å². The molecule has 6 nitrogen and oxygen atoms in total. The molecule has 1 heterocycles. The van der Waals surface area contributed by atoms with Crippen molar-refractivity contribution in [1.82, 2.24) is 9.80 Å². The molecule has 0 N–H and O–H groups in total. The first kappa shape index (κ1) is 21.0. The molecular weight excluding hydrogens is 456 g/mol. The Kier molecular flexibility index (Phi) is 6.34. The lowest BCUT2D eigenvalue weighted by atomic mass is 10.1. The zero-order valence-corrected chi connectivity index (χ0v) is 18.5. The molecule has 150 valence electrons. The standard InChI is InChI=1S/C21H19BrN2O4S/c1-23-19(25)15(20(26)24(2)21(23)29)9-14-10-17(27-3)18(11-16(14)22)28-12-13-7-5-4-6-8-13/h4-11H,12H2,1-3H3. The summed E-state index contributed by atoms with van der Waals surface area (Å²) in [6, 6.07) is 13.2. The molecule has 2 aromatic carbocycles. The molecule has 1 aliphatic rings. The minimum atomic E-state index is -0.451. The summed E-state index contributed by atoms with van der Waals surface area (Å²) in [4.78, 5) is 27.6. The number of ether oxygens (including phenoxy) is 2. The van der Waals surface area contributed by atoms with Gasteiger partial charge in [-0.05, 0) is 41.6 Å². The molecule has 1 fully saturated rings. The van der Waals surface area contributed by atoms with Crippen LogP contribution in [0.5, 0.6) is 11.5 Å². The highest BCUT2D eigenvalue weighted by atomic mass is 79.9. The molecule has 0 unspecified atom stereocenters. The third-order valence-corrected chi connectivity index (χ3v) is 5.70. The molecule has 8 heteroatoms. The maximum absolute atomic E-state index is 12.5. The Hall–Kier alpha value is -2.71. The topological polar surface area (TPSA) is 59.1 Å². The zero-order chi connectivity index (χ0) is 21.1. The van der Waals surface area contributed by atoms with Crippen molar-refractivity contribution in [3.63, 3.8) is 0 Å². The molecule has 0 radical (unpaired) electrons. The van der Waals surface area contributed by atoms with Gasteiger partial charge in [0.2, 0.25) is 0 Å². The van der Waals surface area contributed by atoms with E-state index in [2.05, 4.69) is 15.9 Å². The van der Waals surface area contributed by atoms with Crippen molar-refractivity contribution in [3.8, 4) is 11.5 Å². The van der Waals surface area contributed by atoms with Gasteiger partial charge in [0, 0.05) is 18.6 Å². The van der Waals surface area contributed by atoms with Crippen LogP contribution in [-0.2, 0) is 16.2 Å². The van der Waals surface area contributed by atoms with Gasteiger partial charge in [0.15, 0.2) is 16.6 Å². The largest absolute Gasteiger partial charge is 0.493 e. The van der Waals surface area contributed by atoms with Crippen molar-refractivity contribution in [3.05, 3.63) is 63.6 Å². The van der Waals surface area contributed by atoms with Crippen LogP contribution in [0, 0.1) is 0 Å². The van der Waals surface area contributed by atoms with Gasteiger partial charge >= 0.3 is 0 Å². The van der Waals surface area contributed by atoms with Crippen LogP contribution in [0.25, 0.3) is 6.08 Å². The number of hydrogen-bond donors (Lipinski definition) is 0. The average molecular weight is 475 g/mol. The maximum atomic E-state index is 12.5. The Labute approximate surface area is 182 Å². The van der Waals surface area contributed by atoms with E-state index in [0.29, 0.717) is 28.1 Å². The average Bonchev–Trinajstić information content (AvgIpc) is 2.74. The van der Waals surface area contributed by atoms with Gasteiger partial charge in [-0.3, -0.25) is 19.4 Å². The first-order valence-corrected chi connectivity index (χ1v) is 9.89. The summed E-state index contributed by atoms with van der Waals surface area (Å²) >= 11 is 8.60. The lowest BCUT2D eigenvalue weighted by Crippen LogP contribution is -2.52. The van der Waals surface area contributed by atoms with E-state index in [0.717, 1.165) is 5.56 Å². The van der Waals surface area contributed by atoms with Crippen LogP contribution in [0.15, 0.2) is 52.5 Å². The molecule has 0 aliphatic carbocycles. The lowest BCUT2D eigenvalue weighted by Gasteiger charge is -2.31. The van der Waals surface area contributed by atoms with Crippen LogP contribution in [0.4, 0.5) is 0 Å². The molecule has 29 heavy (non-hydrogen) atoms. The summed E-state index contributed by atoms with van der Waals surface area (Å²) in [6.07, 6.45) is 1.52. The second-order valence-electron chi connectivity index (χ2n) is 6.37. The summed E-state index contributed by atoms with van der Waals surface area (Å²) in [7, 11) is 4.61. The number of amides is 2. The van der Waals surface area contributed by atoms with E-state index in [4.69, 9.17) is 21.7 Å². The van der Waals surface area contributed by atoms with Crippen molar-refractivity contribution in [2.24, 2.45) is 0 Å². The SMILES string of the molecule is COc1cc(C=C2C(=O)N(C)C(=S)N(C)C2=O)c(Br)cc1OCc1ccccc1. The van der Waals surface area contributed by atoms with Gasteiger partial charge < -0.3 is 9.47 Å². The fourth-order valence-corrected chi connectivity index (χ4v) is 3.40. The highest BCUT2D eigenvalue weighted by molar-refractivity contribution is 9.10. The lowest BCUT2D eigenvalue weighted by molar-refractivity contribution is -0.132. The predicted octanol–water partition coefficient (Wildman–Crippen LogP) is 3.64. The van der Waals surface area contributed by atoms with Crippen LogP contribution in [-0.4, -0.2) is 47.9 Å². The van der Waals surface area contributed by atoms with E-state index in [9.17, 15) is 9.59 Å². The second-order valence-corrected chi connectivity index (χ2v) is 7.59.